The van der Waals surface area contributed by atoms with Crippen molar-refractivity contribution in [2.24, 2.45) is 5.92 Å². The van der Waals surface area contributed by atoms with Crippen molar-refractivity contribution >= 4 is 16.9 Å². The summed E-state index contributed by atoms with van der Waals surface area (Å²) in [6, 6.07) is 17.7. The van der Waals surface area contributed by atoms with Gasteiger partial charge in [-0.05, 0) is 71.1 Å². The van der Waals surface area contributed by atoms with Gasteiger partial charge in [0.05, 0.1) is 11.8 Å². The zero-order valence-corrected chi connectivity index (χ0v) is 21.7. The monoisotopic (exact) mass is 452 g/mol. The molecule has 0 aromatic heterocycles. The van der Waals surface area contributed by atoms with Gasteiger partial charge in [-0.15, -0.1) is 0 Å². The first-order valence-corrected chi connectivity index (χ1v) is 12.4. The molecule has 3 rings (SSSR count). The molecule has 34 heavy (non-hydrogen) atoms. The van der Waals surface area contributed by atoms with Gasteiger partial charge in [0.1, 0.15) is 0 Å². The van der Waals surface area contributed by atoms with Crippen molar-refractivity contribution in [2.45, 2.75) is 65.8 Å². The van der Waals surface area contributed by atoms with Gasteiger partial charge in [0.25, 0.3) is 0 Å². The predicted octanol–water partition coefficient (Wildman–Crippen LogP) is 8.64. The first kappa shape index (κ1) is 25.5. The highest BCUT2D eigenvalue weighted by Gasteiger charge is 2.16. The fourth-order valence-corrected chi connectivity index (χ4v) is 4.06. The van der Waals surface area contributed by atoms with E-state index in [1.54, 1.807) is 0 Å². The lowest BCUT2D eigenvalue weighted by molar-refractivity contribution is 0.475. The third kappa shape index (κ3) is 6.70. The number of rotatable bonds is 8. The average molecular weight is 453 g/mol. The lowest BCUT2D eigenvalue weighted by atomic mass is 9.85. The lowest BCUT2D eigenvalue weighted by Crippen LogP contribution is -2.18. The molecule has 1 unspecified atom stereocenters. The van der Waals surface area contributed by atoms with E-state index in [0.29, 0.717) is 11.6 Å². The van der Waals surface area contributed by atoms with Crippen LogP contribution in [0.25, 0.3) is 11.1 Å². The predicted molar refractivity (Wildman–Crippen MR) is 149 cm³/mol. The van der Waals surface area contributed by atoms with Gasteiger partial charge in [-0.25, -0.2) is 0 Å². The average Bonchev–Trinajstić information content (AvgIpc) is 2.79. The first-order valence-electron chi connectivity index (χ1n) is 12.4. The third-order valence-electron chi connectivity index (χ3n) is 6.41. The Morgan fingerprint density at radius 1 is 0.971 bits per heavy atom. The highest BCUT2D eigenvalue weighted by atomic mass is 14.9. The van der Waals surface area contributed by atoms with Crippen LogP contribution >= 0.6 is 0 Å². The molecule has 0 saturated carbocycles. The van der Waals surface area contributed by atoms with Gasteiger partial charge >= 0.3 is 0 Å². The number of allylic oxidation sites excluding steroid dienone is 6. The maximum Gasteiger partial charge on any atom is 0.0627 e. The summed E-state index contributed by atoms with van der Waals surface area (Å²) in [4.78, 5) is 0. The van der Waals surface area contributed by atoms with E-state index >= 15 is 0 Å². The van der Waals surface area contributed by atoms with Crippen LogP contribution in [-0.4, -0.2) is 5.71 Å². The summed E-state index contributed by atoms with van der Waals surface area (Å²) in [7, 11) is 0. The van der Waals surface area contributed by atoms with Crippen LogP contribution < -0.4 is 5.32 Å². The molecule has 2 aromatic carbocycles. The van der Waals surface area contributed by atoms with E-state index in [2.05, 4.69) is 101 Å². The summed E-state index contributed by atoms with van der Waals surface area (Å²) < 4.78 is 0. The van der Waals surface area contributed by atoms with Gasteiger partial charge in [-0.1, -0.05) is 101 Å². The maximum absolute atomic E-state index is 8.46. The molecule has 0 saturated heterocycles. The number of nitrogens with one attached hydrogen (secondary N) is 2. The molecule has 0 amide bonds. The van der Waals surface area contributed by atoms with E-state index in [-0.39, 0.29) is 11.5 Å². The van der Waals surface area contributed by atoms with Gasteiger partial charge in [0.15, 0.2) is 0 Å². The Balaban J connectivity index is 1.83. The minimum Gasteiger partial charge on any atom is -0.384 e. The minimum atomic E-state index is 0.139. The van der Waals surface area contributed by atoms with Crippen LogP contribution in [0, 0.1) is 11.3 Å². The van der Waals surface area contributed by atoms with Gasteiger partial charge in [-0.2, -0.15) is 0 Å². The standard InChI is InChI=1S/C32H40N2/c1-22(2)8-19-31(26-11-9-24(10-12-26)23(3)4)34-21-28-20-27(15-18-30(28)33)25-13-16-29(17-14-25)32(5,6)7/h9-18,20-22,31,33-34H,3,8,19H2,1-2,4-7H3/b28-21-,33-30?. The first-order chi connectivity index (χ1) is 16.0. The molecular weight excluding hydrogens is 412 g/mol. The molecule has 0 fully saturated rings. The second-order valence-corrected chi connectivity index (χ2v) is 10.9. The lowest BCUT2D eigenvalue weighted by Gasteiger charge is -2.21. The van der Waals surface area contributed by atoms with E-state index in [9.17, 15) is 0 Å². The van der Waals surface area contributed by atoms with E-state index in [4.69, 9.17) is 5.41 Å². The van der Waals surface area contributed by atoms with Gasteiger partial charge in [0, 0.05) is 11.8 Å². The highest BCUT2D eigenvalue weighted by Crippen LogP contribution is 2.28. The van der Waals surface area contributed by atoms with Gasteiger partial charge < -0.3 is 10.7 Å². The normalized spacial score (nSPS) is 16.0. The minimum absolute atomic E-state index is 0.139. The van der Waals surface area contributed by atoms with Crippen molar-refractivity contribution in [3.8, 4) is 0 Å². The summed E-state index contributed by atoms with van der Waals surface area (Å²) in [5.41, 5.74) is 8.73. The quantitative estimate of drug-likeness (QED) is 0.413. The summed E-state index contributed by atoms with van der Waals surface area (Å²) in [6.07, 6.45) is 10.3. The van der Waals surface area contributed by atoms with E-state index in [1.165, 1.54) is 22.3 Å². The van der Waals surface area contributed by atoms with Crippen LogP contribution in [-0.2, 0) is 5.41 Å². The Kier molecular flexibility index (Phi) is 8.15. The molecule has 2 heteroatoms. The van der Waals surface area contributed by atoms with Crippen LogP contribution in [0.5, 0.6) is 0 Å². The Labute approximate surface area is 206 Å². The second kappa shape index (κ2) is 10.9. The third-order valence-corrected chi connectivity index (χ3v) is 6.41. The molecule has 178 valence electrons. The van der Waals surface area contributed by atoms with Crippen molar-refractivity contribution in [1.29, 1.82) is 5.41 Å². The zero-order valence-electron chi connectivity index (χ0n) is 21.7. The van der Waals surface area contributed by atoms with Crippen molar-refractivity contribution in [3.63, 3.8) is 0 Å². The molecule has 2 N–H and O–H groups in total. The molecule has 2 aromatic rings. The number of hydrogen-bond donors (Lipinski definition) is 2. The fourth-order valence-electron chi connectivity index (χ4n) is 4.06. The van der Waals surface area contributed by atoms with Crippen LogP contribution in [0.1, 0.15) is 82.7 Å². The van der Waals surface area contributed by atoms with E-state index in [0.717, 1.165) is 29.6 Å². The maximum atomic E-state index is 8.46. The molecule has 2 nitrogen and oxygen atoms in total. The highest BCUT2D eigenvalue weighted by molar-refractivity contribution is 6.13. The molecule has 0 spiro atoms. The molecule has 0 radical (unpaired) electrons. The topological polar surface area (TPSA) is 35.9 Å². The second-order valence-electron chi connectivity index (χ2n) is 10.9. The molecule has 0 bridgehead atoms. The molecule has 0 heterocycles. The summed E-state index contributed by atoms with van der Waals surface area (Å²) in [5.74, 6) is 0.644. The van der Waals surface area contributed by atoms with Crippen molar-refractivity contribution in [1.82, 2.24) is 5.32 Å². The van der Waals surface area contributed by atoms with Gasteiger partial charge in [-0.3, -0.25) is 0 Å². The zero-order chi connectivity index (χ0) is 24.9. The van der Waals surface area contributed by atoms with Crippen LogP contribution in [0.2, 0.25) is 0 Å². The smallest absolute Gasteiger partial charge is 0.0627 e. The molecule has 1 aliphatic rings. The fraction of sp³-hybridized carbons (Fsp3) is 0.344. The summed E-state index contributed by atoms with van der Waals surface area (Å²) in [5, 5.41) is 12.1. The van der Waals surface area contributed by atoms with Crippen LogP contribution in [0.15, 0.2) is 85.1 Å². The molecule has 1 atom stereocenters. The van der Waals surface area contributed by atoms with Crippen molar-refractivity contribution in [2.75, 3.05) is 0 Å². The SMILES string of the molecule is C=C(C)c1ccc(C(CCC(C)C)N/C=C2/C=C(c3ccc(C(C)(C)C)cc3)C=CC2=N)cc1. The van der Waals surface area contributed by atoms with Gasteiger partial charge in [0.2, 0.25) is 0 Å². The molecular formula is C32H40N2. The van der Waals surface area contributed by atoms with Crippen molar-refractivity contribution in [3.05, 3.63) is 107 Å². The van der Waals surface area contributed by atoms with E-state index in [1.807, 2.05) is 25.3 Å². The largest absolute Gasteiger partial charge is 0.384 e. The molecule has 1 aliphatic carbocycles. The Morgan fingerprint density at radius 2 is 1.62 bits per heavy atom. The summed E-state index contributed by atoms with van der Waals surface area (Å²) >= 11 is 0. The number of benzene rings is 2. The summed E-state index contributed by atoms with van der Waals surface area (Å²) in [6.45, 7) is 17.3. The Morgan fingerprint density at radius 3 is 2.18 bits per heavy atom. The van der Waals surface area contributed by atoms with Crippen molar-refractivity contribution < 1.29 is 0 Å². The molecule has 0 aliphatic heterocycles. The number of hydrogen-bond acceptors (Lipinski definition) is 2. The van der Waals surface area contributed by atoms with E-state index < -0.39 is 0 Å². The Hall–Kier alpha value is -3.13. The van der Waals surface area contributed by atoms with Crippen LogP contribution in [0.3, 0.4) is 0 Å². The Bertz CT molecular complexity index is 1100. The van der Waals surface area contributed by atoms with Crippen LogP contribution in [0.4, 0.5) is 0 Å².